The Balaban J connectivity index is 2.03. The summed E-state index contributed by atoms with van der Waals surface area (Å²) in [6.45, 7) is 0. The van der Waals surface area contributed by atoms with E-state index < -0.39 is 6.16 Å². The van der Waals surface area contributed by atoms with Crippen molar-refractivity contribution in [1.82, 2.24) is 19.6 Å². The van der Waals surface area contributed by atoms with Gasteiger partial charge >= 0.3 is 6.16 Å². The monoisotopic (exact) mass is 258 g/mol. The molecule has 96 valence electrons. The van der Waals surface area contributed by atoms with Crippen LogP contribution in [-0.4, -0.2) is 30.8 Å². The molecule has 1 aromatic carbocycles. The molecular weight excluding hydrogens is 248 g/mol. The maximum atomic E-state index is 10.5. The van der Waals surface area contributed by atoms with Crippen molar-refractivity contribution in [3.63, 3.8) is 0 Å². The van der Waals surface area contributed by atoms with Crippen LogP contribution in [0.25, 0.3) is 16.6 Å². The van der Waals surface area contributed by atoms with Gasteiger partial charge in [-0.25, -0.2) is 9.48 Å². The Hall–Kier alpha value is -2.83. The van der Waals surface area contributed by atoms with Crippen molar-refractivity contribution >= 4 is 17.1 Å². The maximum Gasteiger partial charge on any atom is 0.511 e. The predicted molar refractivity (Wildman–Crippen MR) is 66.5 cm³/mol. The molecule has 3 aromatic rings. The summed E-state index contributed by atoms with van der Waals surface area (Å²) in [5.74, 6) is 0.269. The largest absolute Gasteiger partial charge is 0.511 e. The third kappa shape index (κ3) is 2.13. The molecule has 0 radical (unpaired) electrons. The first-order chi connectivity index (χ1) is 9.11. The lowest BCUT2D eigenvalue weighted by Crippen LogP contribution is -2.02. The van der Waals surface area contributed by atoms with Crippen molar-refractivity contribution in [2.24, 2.45) is 7.05 Å². The number of ether oxygens (including phenoxy) is 1. The third-order valence-electron chi connectivity index (χ3n) is 2.64. The first kappa shape index (κ1) is 11.3. The van der Waals surface area contributed by atoms with Gasteiger partial charge in [0.15, 0.2) is 0 Å². The van der Waals surface area contributed by atoms with Gasteiger partial charge in [-0.15, -0.1) is 0 Å². The molecule has 0 bridgehead atoms. The second-order valence-electron chi connectivity index (χ2n) is 4.03. The summed E-state index contributed by atoms with van der Waals surface area (Å²) < 4.78 is 7.97. The SMILES string of the molecule is Cn1cc(-n2cc3cc(OC(=O)O)ccc3n2)cn1. The molecule has 7 nitrogen and oxygen atoms in total. The molecule has 1 N–H and O–H groups in total. The summed E-state index contributed by atoms with van der Waals surface area (Å²) in [5, 5.41) is 17.8. The van der Waals surface area contributed by atoms with Crippen LogP contribution in [0, 0.1) is 0 Å². The Bertz CT molecular complexity index is 759. The number of carboxylic acid groups (broad SMARTS) is 1. The average molecular weight is 258 g/mol. The number of aromatic nitrogens is 4. The fourth-order valence-corrected chi connectivity index (χ4v) is 1.83. The van der Waals surface area contributed by atoms with Crippen molar-refractivity contribution in [3.05, 3.63) is 36.8 Å². The smallest absolute Gasteiger partial charge is 0.449 e. The lowest BCUT2D eigenvalue weighted by Gasteiger charge is -1.97. The summed E-state index contributed by atoms with van der Waals surface area (Å²) in [6.07, 6.45) is 3.99. The summed E-state index contributed by atoms with van der Waals surface area (Å²) in [7, 11) is 1.82. The number of benzene rings is 1. The molecular formula is C12H10N4O3. The number of nitrogens with zero attached hydrogens (tertiary/aromatic N) is 4. The van der Waals surface area contributed by atoms with Gasteiger partial charge in [-0.05, 0) is 18.2 Å². The summed E-state index contributed by atoms with van der Waals surface area (Å²) in [5.41, 5.74) is 1.58. The molecule has 0 saturated heterocycles. The molecule has 7 heteroatoms. The van der Waals surface area contributed by atoms with Gasteiger partial charge in [0.25, 0.3) is 0 Å². The molecule has 0 aliphatic heterocycles. The quantitative estimate of drug-likeness (QED) is 0.560. The van der Waals surface area contributed by atoms with E-state index in [1.807, 2.05) is 13.2 Å². The molecule has 0 aliphatic carbocycles. The van der Waals surface area contributed by atoms with Crippen molar-refractivity contribution in [2.45, 2.75) is 0 Å². The second kappa shape index (κ2) is 4.13. The van der Waals surface area contributed by atoms with Crippen molar-refractivity contribution < 1.29 is 14.6 Å². The Morgan fingerprint density at radius 1 is 1.37 bits per heavy atom. The van der Waals surface area contributed by atoms with Crippen LogP contribution in [0.4, 0.5) is 4.79 Å². The topological polar surface area (TPSA) is 82.2 Å². The van der Waals surface area contributed by atoms with Gasteiger partial charge in [0.2, 0.25) is 0 Å². The van der Waals surface area contributed by atoms with Gasteiger partial charge in [0, 0.05) is 18.6 Å². The average Bonchev–Trinajstić information content (AvgIpc) is 2.93. The van der Waals surface area contributed by atoms with Gasteiger partial charge in [-0.1, -0.05) is 0 Å². The van der Waals surface area contributed by atoms with E-state index in [4.69, 9.17) is 5.11 Å². The zero-order valence-corrected chi connectivity index (χ0v) is 10.0. The molecule has 2 heterocycles. The predicted octanol–water partition coefficient (Wildman–Crippen LogP) is 1.82. The number of hydrogen-bond donors (Lipinski definition) is 1. The highest BCUT2D eigenvalue weighted by Crippen LogP contribution is 2.21. The molecule has 0 saturated carbocycles. The Morgan fingerprint density at radius 2 is 2.21 bits per heavy atom. The molecule has 0 atom stereocenters. The van der Waals surface area contributed by atoms with Gasteiger partial charge in [0.1, 0.15) is 11.4 Å². The van der Waals surface area contributed by atoms with Crippen molar-refractivity contribution in [1.29, 1.82) is 0 Å². The Kier molecular flexibility index (Phi) is 2.45. The van der Waals surface area contributed by atoms with Gasteiger partial charge in [-0.2, -0.15) is 10.2 Å². The molecule has 0 aliphatic rings. The number of carbonyl (C=O) groups is 1. The maximum absolute atomic E-state index is 10.5. The van der Waals surface area contributed by atoms with Crippen LogP contribution >= 0.6 is 0 Å². The number of aryl methyl sites for hydroxylation is 1. The number of fused-ring (bicyclic) bond motifs is 1. The molecule has 0 amide bonds. The van der Waals surface area contributed by atoms with Gasteiger partial charge < -0.3 is 9.84 Å². The van der Waals surface area contributed by atoms with Crippen LogP contribution in [0.5, 0.6) is 5.75 Å². The van der Waals surface area contributed by atoms with E-state index >= 15 is 0 Å². The fraction of sp³-hybridized carbons (Fsp3) is 0.0833. The summed E-state index contributed by atoms with van der Waals surface area (Å²) >= 11 is 0. The van der Waals surface area contributed by atoms with Crippen molar-refractivity contribution in [2.75, 3.05) is 0 Å². The van der Waals surface area contributed by atoms with Crippen LogP contribution in [-0.2, 0) is 7.05 Å². The second-order valence-corrected chi connectivity index (χ2v) is 4.03. The molecule has 3 rings (SSSR count). The number of rotatable bonds is 2. The van der Waals surface area contributed by atoms with Gasteiger partial charge in [-0.3, -0.25) is 4.68 Å². The molecule has 0 unspecified atom stereocenters. The highest BCUT2D eigenvalue weighted by Gasteiger charge is 2.07. The minimum atomic E-state index is -1.33. The van der Waals surface area contributed by atoms with E-state index in [-0.39, 0.29) is 5.75 Å². The van der Waals surface area contributed by atoms with Gasteiger partial charge in [0.05, 0.1) is 17.9 Å². The summed E-state index contributed by atoms with van der Waals surface area (Å²) in [4.78, 5) is 10.5. The third-order valence-corrected chi connectivity index (χ3v) is 2.64. The first-order valence-corrected chi connectivity index (χ1v) is 5.51. The Morgan fingerprint density at radius 3 is 2.89 bits per heavy atom. The first-order valence-electron chi connectivity index (χ1n) is 5.51. The van der Waals surface area contributed by atoms with Crippen LogP contribution < -0.4 is 4.74 Å². The van der Waals surface area contributed by atoms with Crippen LogP contribution in [0.2, 0.25) is 0 Å². The van der Waals surface area contributed by atoms with Crippen LogP contribution in [0.15, 0.2) is 36.8 Å². The molecule has 0 spiro atoms. The van der Waals surface area contributed by atoms with E-state index in [0.29, 0.717) is 0 Å². The van der Waals surface area contributed by atoms with E-state index in [0.717, 1.165) is 16.6 Å². The lowest BCUT2D eigenvalue weighted by atomic mass is 10.2. The normalized spacial score (nSPS) is 10.8. The molecule has 0 fully saturated rings. The Labute approximate surface area is 107 Å². The van der Waals surface area contributed by atoms with Crippen LogP contribution in [0.1, 0.15) is 0 Å². The molecule has 19 heavy (non-hydrogen) atoms. The number of hydrogen-bond acceptors (Lipinski definition) is 4. The van der Waals surface area contributed by atoms with Crippen molar-refractivity contribution in [3.8, 4) is 11.4 Å². The summed E-state index contributed by atoms with van der Waals surface area (Å²) in [6, 6.07) is 4.90. The fourth-order valence-electron chi connectivity index (χ4n) is 1.83. The van der Waals surface area contributed by atoms with Crippen LogP contribution in [0.3, 0.4) is 0 Å². The minimum Gasteiger partial charge on any atom is -0.449 e. The lowest BCUT2D eigenvalue weighted by molar-refractivity contribution is 0.144. The zero-order chi connectivity index (χ0) is 13.4. The van der Waals surface area contributed by atoms with E-state index in [1.54, 1.807) is 40.0 Å². The van der Waals surface area contributed by atoms with E-state index in [9.17, 15) is 4.79 Å². The minimum absolute atomic E-state index is 0.269. The van der Waals surface area contributed by atoms with E-state index in [2.05, 4.69) is 14.9 Å². The standard InChI is InChI=1S/C12H10N4O3/c1-15-7-9(5-13-15)16-6-8-4-10(19-12(17)18)2-3-11(8)14-16/h2-7H,1H3,(H,17,18). The molecule has 2 aromatic heterocycles. The highest BCUT2D eigenvalue weighted by molar-refractivity contribution is 5.80. The highest BCUT2D eigenvalue weighted by atomic mass is 16.7. The zero-order valence-electron chi connectivity index (χ0n) is 10.0. The van der Waals surface area contributed by atoms with E-state index in [1.165, 1.54) is 0 Å².